The third kappa shape index (κ3) is 3.82. The van der Waals surface area contributed by atoms with Gasteiger partial charge in [-0.3, -0.25) is 5.32 Å². The number of nitrogens with one attached hydrogen (secondary N) is 1. The number of rotatable bonds is 5. The predicted octanol–water partition coefficient (Wildman–Crippen LogP) is 2.33. The number of hydrogen-bond donors (Lipinski definition) is 1. The second-order valence-corrected chi connectivity index (χ2v) is 8.24. The number of aromatic nitrogens is 4. The number of halogens is 1. The second kappa shape index (κ2) is 7.56. The minimum Gasteiger partial charge on any atom is -0.293 e. The Morgan fingerprint density at radius 2 is 1.71 bits per heavy atom. The normalized spacial score (nSPS) is 17.5. The van der Waals surface area contributed by atoms with Crippen molar-refractivity contribution in [3.63, 3.8) is 0 Å². The Hall–Kier alpha value is -2.98. The number of nitrogens with zero attached hydrogens (tertiary/aromatic N) is 5. The summed E-state index contributed by atoms with van der Waals surface area (Å²) in [6.45, 7) is 0.678. The van der Waals surface area contributed by atoms with E-state index in [2.05, 4.69) is 25.3 Å². The zero-order chi connectivity index (χ0) is 19.6. The lowest BCUT2D eigenvalue weighted by Gasteiger charge is -2.16. The molecule has 1 aliphatic rings. The van der Waals surface area contributed by atoms with Crippen LogP contribution in [0, 0.1) is 5.82 Å². The van der Waals surface area contributed by atoms with Gasteiger partial charge in [0.15, 0.2) is 0 Å². The highest BCUT2D eigenvalue weighted by Gasteiger charge is 2.34. The van der Waals surface area contributed by atoms with Crippen molar-refractivity contribution in [3.05, 3.63) is 66.5 Å². The summed E-state index contributed by atoms with van der Waals surface area (Å²) in [6, 6.07) is 8.34. The topological polar surface area (TPSA) is 101 Å². The van der Waals surface area contributed by atoms with Crippen LogP contribution in [0.2, 0.25) is 0 Å². The van der Waals surface area contributed by atoms with Crippen LogP contribution < -0.4 is 5.32 Å². The SMILES string of the molecule is O=S(=O)(c1ccc(F)cc1)N1CC[C@H](c2ccnc(Nc3ncccn3)n2)C1. The molecule has 2 aromatic heterocycles. The molecule has 1 aliphatic heterocycles. The summed E-state index contributed by atoms with van der Waals surface area (Å²) in [6.07, 6.45) is 5.46. The Balaban J connectivity index is 1.50. The van der Waals surface area contributed by atoms with Crippen molar-refractivity contribution < 1.29 is 12.8 Å². The molecule has 4 rings (SSSR count). The van der Waals surface area contributed by atoms with Gasteiger partial charge in [-0.2, -0.15) is 4.31 Å². The molecule has 3 aromatic rings. The molecule has 0 spiro atoms. The number of hydrogen-bond acceptors (Lipinski definition) is 7. The van der Waals surface area contributed by atoms with E-state index in [1.54, 1.807) is 30.7 Å². The standard InChI is InChI=1S/C18H17FN6O2S/c19-14-2-4-15(5-3-14)28(26,27)25-11-7-13(12-25)16-6-10-22-18(23-16)24-17-20-8-1-9-21-17/h1-6,8-10,13H,7,11-12H2,(H,20,21,22,23,24)/t13-/m0/s1. The zero-order valence-corrected chi connectivity index (χ0v) is 15.6. The molecule has 0 amide bonds. The lowest BCUT2D eigenvalue weighted by molar-refractivity contribution is 0.472. The van der Waals surface area contributed by atoms with E-state index in [4.69, 9.17) is 0 Å². The van der Waals surface area contributed by atoms with Crippen molar-refractivity contribution in [1.82, 2.24) is 24.2 Å². The third-order valence-electron chi connectivity index (χ3n) is 4.49. The van der Waals surface area contributed by atoms with Gasteiger partial charge in [-0.15, -0.1) is 0 Å². The summed E-state index contributed by atoms with van der Waals surface area (Å²) >= 11 is 0. The molecule has 8 nitrogen and oxygen atoms in total. The van der Waals surface area contributed by atoms with E-state index in [0.29, 0.717) is 31.4 Å². The predicted molar refractivity (Wildman–Crippen MR) is 99.9 cm³/mol. The van der Waals surface area contributed by atoms with Crippen LogP contribution in [0.3, 0.4) is 0 Å². The number of sulfonamides is 1. The van der Waals surface area contributed by atoms with Crippen molar-refractivity contribution in [2.75, 3.05) is 18.4 Å². The Kier molecular flexibility index (Phi) is 4.97. The molecule has 1 atom stereocenters. The summed E-state index contributed by atoms with van der Waals surface area (Å²) in [5, 5.41) is 2.93. The van der Waals surface area contributed by atoms with Crippen LogP contribution in [0.5, 0.6) is 0 Å². The van der Waals surface area contributed by atoms with Crippen LogP contribution in [-0.2, 0) is 10.0 Å². The van der Waals surface area contributed by atoms with Gasteiger partial charge in [0.1, 0.15) is 5.82 Å². The van der Waals surface area contributed by atoms with Crippen LogP contribution in [0.25, 0.3) is 0 Å². The largest absolute Gasteiger partial charge is 0.293 e. The van der Waals surface area contributed by atoms with Crippen molar-refractivity contribution in [2.24, 2.45) is 0 Å². The summed E-state index contributed by atoms with van der Waals surface area (Å²) in [5.74, 6) is 0.201. The zero-order valence-electron chi connectivity index (χ0n) is 14.7. The van der Waals surface area contributed by atoms with E-state index in [9.17, 15) is 12.8 Å². The first-order valence-corrected chi connectivity index (χ1v) is 10.1. The first-order chi connectivity index (χ1) is 13.5. The quantitative estimate of drug-likeness (QED) is 0.701. The average Bonchev–Trinajstić information content (AvgIpc) is 3.21. The molecule has 1 saturated heterocycles. The highest BCUT2D eigenvalue weighted by molar-refractivity contribution is 7.89. The molecule has 1 aromatic carbocycles. The van der Waals surface area contributed by atoms with E-state index in [-0.39, 0.29) is 10.8 Å². The lowest BCUT2D eigenvalue weighted by Crippen LogP contribution is -2.28. The van der Waals surface area contributed by atoms with Gasteiger partial charge >= 0.3 is 0 Å². The fourth-order valence-electron chi connectivity index (χ4n) is 3.07. The number of benzene rings is 1. The van der Waals surface area contributed by atoms with Crippen LogP contribution in [-0.4, -0.2) is 45.7 Å². The van der Waals surface area contributed by atoms with Gasteiger partial charge in [-0.25, -0.2) is 32.7 Å². The molecule has 0 aliphatic carbocycles. The van der Waals surface area contributed by atoms with Crippen molar-refractivity contribution in [2.45, 2.75) is 17.2 Å². The lowest BCUT2D eigenvalue weighted by atomic mass is 10.1. The molecule has 1 N–H and O–H groups in total. The van der Waals surface area contributed by atoms with E-state index >= 15 is 0 Å². The summed E-state index contributed by atoms with van der Waals surface area (Å²) in [5.41, 5.74) is 0.741. The van der Waals surface area contributed by atoms with Crippen LogP contribution in [0.15, 0.2) is 59.9 Å². The molecular weight excluding hydrogens is 383 g/mol. The fourth-order valence-corrected chi connectivity index (χ4v) is 4.57. The molecule has 3 heterocycles. The Morgan fingerprint density at radius 1 is 1.00 bits per heavy atom. The minimum absolute atomic E-state index is 0.0598. The van der Waals surface area contributed by atoms with Crippen molar-refractivity contribution in [1.29, 1.82) is 0 Å². The van der Waals surface area contributed by atoms with E-state index in [0.717, 1.165) is 17.8 Å². The van der Waals surface area contributed by atoms with Crippen LogP contribution in [0.1, 0.15) is 18.0 Å². The second-order valence-electron chi connectivity index (χ2n) is 6.31. The van der Waals surface area contributed by atoms with E-state index < -0.39 is 15.8 Å². The Morgan fingerprint density at radius 3 is 2.46 bits per heavy atom. The minimum atomic E-state index is -3.67. The average molecular weight is 400 g/mol. The number of anilines is 2. The molecule has 0 bridgehead atoms. The van der Waals surface area contributed by atoms with Gasteiger partial charge in [0.25, 0.3) is 0 Å². The Bertz CT molecular complexity index is 1060. The van der Waals surface area contributed by atoms with Crippen molar-refractivity contribution in [3.8, 4) is 0 Å². The van der Waals surface area contributed by atoms with Gasteiger partial charge in [0, 0.05) is 37.6 Å². The van der Waals surface area contributed by atoms with Gasteiger partial charge in [-0.05, 0) is 42.8 Å². The highest BCUT2D eigenvalue weighted by atomic mass is 32.2. The fraction of sp³-hybridized carbons (Fsp3) is 0.222. The van der Waals surface area contributed by atoms with Crippen molar-refractivity contribution >= 4 is 21.9 Å². The van der Waals surface area contributed by atoms with Gasteiger partial charge in [-0.1, -0.05) is 0 Å². The molecule has 10 heteroatoms. The monoisotopic (exact) mass is 400 g/mol. The van der Waals surface area contributed by atoms with E-state index in [1.165, 1.54) is 16.4 Å². The van der Waals surface area contributed by atoms with Gasteiger partial charge < -0.3 is 0 Å². The third-order valence-corrected chi connectivity index (χ3v) is 6.37. The smallest absolute Gasteiger partial charge is 0.243 e. The molecule has 144 valence electrons. The summed E-state index contributed by atoms with van der Waals surface area (Å²) in [7, 11) is -3.67. The maximum atomic E-state index is 13.1. The molecule has 1 fully saturated rings. The van der Waals surface area contributed by atoms with Crippen LogP contribution >= 0.6 is 0 Å². The molecule has 28 heavy (non-hydrogen) atoms. The summed E-state index contributed by atoms with van der Waals surface area (Å²) < 4.78 is 40.0. The molecule has 0 saturated carbocycles. The highest BCUT2D eigenvalue weighted by Crippen LogP contribution is 2.30. The maximum absolute atomic E-state index is 13.1. The van der Waals surface area contributed by atoms with E-state index in [1.807, 2.05) is 0 Å². The molecular formula is C18H17FN6O2S. The molecule has 0 radical (unpaired) electrons. The van der Waals surface area contributed by atoms with Gasteiger partial charge in [0.2, 0.25) is 21.9 Å². The van der Waals surface area contributed by atoms with Crippen LogP contribution in [0.4, 0.5) is 16.3 Å². The first kappa shape index (κ1) is 18.4. The first-order valence-electron chi connectivity index (χ1n) is 8.65. The Labute approximate surface area is 161 Å². The van der Waals surface area contributed by atoms with Gasteiger partial charge in [0.05, 0.1) is 10.6 Å². The molecule has 0 unspecified atom stereocenters. The maximum Gasteiger partial charge on any atom is 0.243 e. The summed E-state index contributed by atoms with van der Waals surface area (Å²) in [4.78, 5) is 16.9.